The van der Waals surface area contributed by atoms with Crippen molar-refractivity contribution in [1.29, 1.82) is 0 Å². The quantitative estimate of drug-likeness (QED) is 0.557. The Morgan fingerprint density at radius 1 is 1.08 bits per heavy atom. The van der Waals surface area contributed by atoms with Gasteiger partial charge in [0.2, 0.25) is 10.0 Å². The zero-order valence-corrected chi connectivity index (χ0v) is 15.5. The third kappa shape index (κ3) is 3.82. The molecular formula is C16H15ClN2O4S2. The zero-order valence-electron chi connectivity index (χ0n) is 13.1. The lowest BCUT2D eigenvalue weighted by Crippen LogP contribution is -2.27. The average Bonchev–Trinajstić information content (AvgIpc) is 3.12. The number of sulfonamides is 1. The van der Waals surface area contributed by atoms with Gasteiger partial charge in [0.05, 0.1) is 19.7 Å². The van der Waals surface area contributed by atoms with Crippen molar-refractivity contribution in [3.8, 4) is 0 Å². The second-order valence-corrected chi connectivity index (χ2v) is 8.96. The second-order valence-electron chi connectivity index (χ2n) is 5.53. The standard InChI is InChI=1S/C16H15ClN2O4S2/c17-13-5-1-2-6-15(13)24-16-8-7-12(11-14(16)19(20)21)25(22,23)18-9-3-4-10-18/h1-2,5-8,11H,3-4,9-10H2. The summed E-state index contributed by atoms with van der Waals surface area (Å²) in [5, 5.41) is 11.9. The fourth-order valence-electron chi connectivity index (χ4n) is 2.61. The maximum absolute atomic E-state index is 12.6. The molecule has 1 aliphatic rings. The Labute approximate surface area is 155 Å². The first-order valence-corrected chi connectivity index (χ1v) is 10.2. The lowest BCUT2D eigenvalue weighted by Gasteiger charge is -2.15. The Bertz CT molecular complexity index is 912. The number of rotatable bonds is 5. The van der Waals surface area contributed by atoms with E-state index in [0.717, 1.165) is 30.7 Å². The minimum atomic E-state index is -3.70. The largest absolute Gasteiger partial charge is 0.284 e. The van der Waals surface area contributed by atoms with Crippen molar-refractivity contribution in [2.24, 2.45) is 0 Å². The summed E-state index contributed by atoms with van der Waals surface area (Å²) in [5.74, 6) is 0. The summed E-state index contributed by atoms with van der Waals surface area (Å²) in [6, 6.07) is 11.0. The molecule has 2 aromatic rings. The van der Waals surface area contributed by atoms with E-state index in [9.17, 15) is 18.5 Å². The normalized spacial score (nSPS) is 15.4. The number of nitro benzene ring substituents is 1. The molecule has 0 radical (unpaired) electrons. The highest BCUT2D eigenvalue weighted by Crippen LogP contribution is 2.39. The summed E-state index contributed by atoms with van der Waals surface area (Å²) in [7, 11) is -3.70. The van der Waals surface area contributed by atoms with Gasteiger partial charge >= 0.3 is 0 Å². The van der Waals surface area contributed by atoms with Crippen molar-refractivity contribution >= 4 is 39.1 Å². The van der Waals surface area contributed by atoms with E-state index in [0.29, 0.717) is 27.9 Å². The van der Waals surface area contributed by atoms with E-state index in [1.807, 2.05) is 0 Å². The summed E-state index contributed by atoms with van der Waals surface area (Å²) in [6.07, 6.45) is 1.61. The van der Waals surface area contributed by atoms with Crippen molar-refractivity contribution < 1.29 is 13.3 Å². The van der Waals surface area contributed by atoms with Crippen LogP contribution >= 0.6 is 23.4 Å². The van der Waals surface area contributed by atoms with Crippen molar-refractivity contribution in [1.82, 2.24) is 4.31 Å². The van der Waals surface area contributed by atoms with Crippen LogP contribution in [0.4, 0.5) is 5.69 Å². The molecule has 0 N–H and O–H groups in total. The van der Waals surface area contributed by atoms with Crippen LogP contribution in [0.5, 0.6) is 0 Å². The molecule has 1 heterocycles. The van der Waals surface area contributed by atoms with Crippen LogP contribution in [0.1, 0.15) is 12.8 Å². The second kappa shape index (κ2) is 7.33. The molecule has 25 heavy (non-hydrogen) atoms. The van der Waals surface area contributed by atoms with E-state index in [-0.39, 0.29) is 10.6 Å². The van der Waals surface area contributed by atoms with Gasteiger partial charge in [-0.2, -0.15) is 4.31 Å². The van der Waals surface area contributed by atoms with Crippen molar-refractivity contribution in [3.05, 3.63) is 57.6 Å². The molecule has 0 aliphatic carbocycles. The van der Waals surface area contributed by atoms with E-state index < -0.39 is 14.9 Å². The number of hydrogen-bond donors (Lipinski definition) is 0. The number of hydrogen-bond acceptors (Lipinski definition) is 5. The minimum absolute atomic E-state index is 0.0513. The fourth-order valence-corrected chi connectivity index (χ4v) is 5.32. The van der Waals surface area contributed by atoms with Crippen LogP contribution in [0.15, 0.2) is 57.2 Å². The molecular weight excluding hydrogens is 384 g/mol. The summed E-state index contributed by atoms with van der Waals surface area (Å²) >= 11 is 7.24. The molecule has 9 heteroatoms. The van der Waals surface area contributed by atoms with Gasteiger partial charge in [-0.05, 0) is 37.1 Å². The van der Waals surface area contributed by atoms with Crippen LogP contribution in [0, 0.1) is 10.1 Å². The SMILES string of the molecule is O=[N+]([O-])c1cc(S(=O)(=O)N2CCCC2)ccc1Sc1ccccc1Cl. The molecule has 0 saturated carbocycles. The van der Waals surface area contributed by atoms with Crippen molar-refractivity contribution in [3.63, 3.8) is 0 Å². The molecule has 6 nitrogen and oxygen atoms in total. The Morgan fingerprint density at radius 3 is 2.40 bits per heavy atom. The molecule has 0 amide bonds. The maximum Gasteiger partial charge on any atom is 0.284 e. The highest BCUT2D eigenvalue weighted by atomic mass is 35.5. The molecule has 0 spiro atoms. The Hall–Kier alpha value is -1.61. The van der Waals surface area contributed by atoms with Gasteiger partial charge in [0.1, 0.15) is 0 Å². The van der Waals surface area contributed by atoms with Crippen LogP contribution in [-0.2, 0) is 10.0 Å². The minimum Gasteiger partial charge on any atom is -0.258 e. The van der Waals surface area contributed by atoms with E-state index in [4.69, 9.17) is 11.6 Å². The first-order valence-electron chi connectivity index (χ1n) is 7.60. The zero-order chi connectivity index (χ0) is 18.0. The lowest BCUT2D eigenvalue weighted by molar-refractivity contribution is -0.388. The Kier molecular flexibility index (Phi) is 5.33. The summed E-state index contributed by atoms with van der Waals surface area (Å²) in [6.45, 7) is 0.901. The fraction of sp³-hybridized carbons (Fsp3) is 0.250. The van der Waals surface area contributed by atoms with E-state index >= 15 is 0 Å². The highest BCUT2D eigenvalue weighted by Gasteiger charge is 2.29. The van der Waals surface area contributed by atoms with Gasteiger partial charge in [-0.25, -0.2) is 8.42 Å². The number of benzene rings is 2. The van der Waals surface area contributed by atoms with Gasteiger partial charge < -0.3 is 0 Å². The van der Waals surface area contributed by atoms with E-state index in [2.05, 4.69) is 0 Å². The molecule has 0 bridgehead atoms. The summed E-state index contributed by atoms with van der Waals surface area (Å²) < 4.78 is 26.6. The maximum atomic E-state index is 12.6. The van der Waals surface area contributed by atoms with E-state index in [1.54, 1.807) is 24.3 Å². The summed E-state index contributed by atoms with van der Waals surface area (Å²) in [4.78, 5) is 11.8. The predicted molar refractivity (Wildman–Crippen MR) is 96.7 cm³/mol. The molecule has 1 saturated heterocycles. The van der Waals surface area contributed by atoms with Crippen LogP contribution in [0.3, 0.4) is 0 Å². The van der Waals surface area contributed by atoms with Crippen LogP contribution in [-0.4, -0.2) is 30.7 Å². The Balaban J connectivity index is 1.99. The average molecular weight is 399 g/mol. The van der Waals surface area contributed by atoms with Crippen molar-refractivity contribution in [2.75, 3.05) is 13.1 Å². The van der Waals surface area contributed by atoms with Gasteiger partial charge in [-0.3, -0.25) is 10.1 Å². The van der Waals surface area contributed by atoms with Gasteiger partial charge in [-0.15, -0.1) is 0 Å². The number of nitro groups is 1. The van der Waals surface area contributed by atoms with Gasteiger partial charge in [0.15, 0.2) is 0 Å². The molecule has 3 rings (SSSR count). The van der Waals surface area contributed by atoms with Crippen LogP contribution < -0.4 is 0 Å². The predicted octanol–water partition coefficient (Wildman–Crippen LogP) is 4.18. The third-order valence-corrected chi connectivity index (χ3v) is 7.36. The van der Waals surface area contributed by atoms with Crippen LogP contribution in [0.2, 0.25) is 5.02 Å². The number of nitrogens with zero attached hydrogens (tertiary/aromatic N) is 2. The van der Waals surface area contributed by atoms with Gasteiger partial charge in [-0.1, -0.05) is 35.5 Å². The smallest absolute Gasteiger partial charge is 0.258 e. The first kappa shape index (κ1) is 18.2. The molecule has 0 aromatic heterocycles. The number of halogens is 1. The first-order chi connectivity index (χ1) is 11.9. The van der Waals surface area contributed by atoms with Gasteiger partial charge in [0.25, 0.3) is 5.69 Å². The highest BCUT2D eigenvalue weighted by molar-refractivity contribution is 7.99. The lowest BCUT2D eigenvalue weighted by atomic mass is 10.3. The molecule has 2 aromatic carbocycles. The van der Waals surface area contributed by atoms with Gasteiger partial charge in [0, 0.05) is 24.1 Å². The summed E-state index contributed by atoms with van der Waals surface area (Å²) in [5.41, 5.74) is -0.245. The monoisotopic (exact) mass is 398 g/mol. The van der Waals surface area contributed by atoms with Crippen molar-refractivity contribution in [2.45, 2.75) is 27.5 Å². The third-order valence-electron chi connectivity index (χ3n) is 3.89. The molecule has 1 aliphatic heterocycles. The molecule has 0 atom stereocenters. The van der Waals surface area contributed by atoms with E-state index in [1.165, 1.54) is 16.4 Å². The van der Waals surface area contributed by atoms with Crippen LogP contribution in [0.25, 0.3) is 0 Å². The Morgan fingerprint density at radius 2 is 1.76 bits per heavy atom. The topological polar surface area (TPSA) is 80.5 Å². The molecule has 1 fully saturated rings. The molecule has 0 unspecified atom stereocenters. The molecule has 132 valence electrons.